The fourth-order valence-corrected chi connectivity index (χ4v) is 4.43. The number of aryl methyl sites for hydroxylation is 1. The molecule has 3 rings (SSSR count). The molecule has 5 nitrogen and oxygen atoms in total. The zero-order valence-electron chi connectivity index (χ0n) is 17.2. The Hall–Kier alpha value is -2.39. The molecule has 9 heteroatoms. The summed E-state index contributed by atoms with van der Waals surface area (Å²) in [5.74, 6) is 0.0442. The summed E-state index contributed by atoms with van der Waals surface area (Å²) in [7, 11) is -4.02. The third kappa shape index (κ3) is 6.30. The first-order valence-corrected chi connectivity index (χ1v) is 11.9. The fourth-order valence-electron chi connectivity index (χ4n) is 3.73. The van der Waals surface area contributed by atoms with Gasteiger partial charge in [0, 0.05) is 18.7 Å². The number of fused-ring (bicyclic) bond motifs is 1. The monoisotopic (exact) mass is 454 g/mol. The van der Waals surface area contributed by atoms with Crippen LogP contribution in [0.25, 0.3) is 0 Å². The van der Waals surface area contributed by atoms with Crippen LogP contribution in [0, 0.1) is 0 Å². The SMILES string of the molecule is CS(=O)(=O)N[C@@H](c1ccc(CCCCN2CCc3ccccc3C2=O)cc1)C(F)(F)F. The van der Waals surface area contributed by atoms with Gasteiger partial charge in [-0.25, -0.2) is 8.42 Å². The van der Waals surface area contributed by atoms with Crippen LogP contribution in [0.4, 0.5) is 13.2 Å². The molecule has 1 amide bonds. The van der Waals surface area contributed by atoms with Crippen LogP contribution < -0.4 is 4.72 Å². The van der Waals surface area contributed by atoms with Crippen molar-refractivity contribution in [2.24, 2.45) is 0 Å². The summed E-state index contributed by atoms with van der Waals surface area (Å²) in [6.45, 7) is 1.33. The standard InChI is InChI=1S/C22H25F3N2O3S/c1-31(29,30)26-20(22(23,24)25)18-11-9-16(10-12-18)6-4-5-14-27-15-13-17-7-2-3-8-19(17)21(27)28/h2-3,7-12,20,26H,4-6,13-15H2,1H3/t20-/m0/s1. The average Bonchev–Trinajstić information content (AvgIpc) is 2.70. The number of nitrogens with zero attached hydrogens (tertiary/aromatic N) is 1. The third-order valence-corrected chi connectivity index (χ3v) is 5.97. The van der Waals surface area contributed by atoms with Crippen molar-refractivity contribution in [1.82, 2.24) is 9.62 Å². The summed E-state index contributed by atoms with van der Waals surface area (Å²) in [4.78, 5) is 14.4. The van der Waals surface area contributed by atoms with Gasteiger partial charge in [0.05, 0.1) is 6.26 Å². The number of benzene rings is 2. The molecule has 0 aromatic heterocycles. The van der Waals surface area contributed by atoms with Gasteiger partial charge in [0.15, 0.2) is 0 Å². The van der Waals surface area contributed by atoms with Crippen LogP contribution in [-0.2, 0) is 22.9 Å². The summed E-state index contributed by atoms with van der Waals surface area (Å²) in [6, 6.07) is 11.1. The van der Waals surface area contributed by atoms with E-state index in [2.05, 4.69) is 0 Å². The zero-order chi connectivity index (χ0) is 22.6. The highest BCUT2D eigenvalue weighted by Gasteiger charge is 2.42. The fraction of sp³-hybridized carbons (Fsp3) is 0.409. The minimum atomic E-state index is -4.73. The van der Waals surface area contributed by atoms with E-state index in [0.717, 1.165) is 36.0 Å². The lowest BCUT2D eigenvalue weighted by atomic mass is 9.98. The number of sulfonamides is 1. The number of hydrogen-bond acceptors (Lipinski definition) is 3. The molecule has 1 N–H and O–H groups in total. The molecule has 0 saturated carbocycles. The van der Waals surface area contributed by atoms with Gasteiger partial charge in [-0.3, -0.25) is 4.79 Å². The van der Waals surface area contributed by atoms with E-state index in [4.69, 9.17) is 0 Å². The minimum Gasteiger partial charge on any atom is -0.338 e. The highest BCUT2D eigenvalue weighted by Crippen LogP contribution is 2.33. The molecule has 1 heterocycles. The van der Waals surface area contributed by atoms with E-state index in [0.29, 0.717) is 25.8 Å². The molecule has 0 aliphatic carbocycles. The van der Waals surface area contributed by atoms with Gasteiger partial charge in [0.2, 0.25) is 10.0 Å². The number of halogens is 3. The highest BCUT2D eigenvalue weighted by atomic mass is 32.2. The first-order valence-electron chi connectivity index (χ1n) is 10.0. The molecule has 1 aliphatic heterocycles. The van der Waals surface area contributed by atoms with Crippen LogP contribution >= 0.6 is 0 Å². The van der Waals surface area contributed by atoms with Gasteiger partial charge in [0.25, 0.3) is 5.91 Å². The highest BCUT2D eigenvalue weighted by molar-refractivity contribution is 7.88. The summed E-state index contributed by atoms with van der Waals surface area (Å²) in [6.07, 6.45) is -0.956. The summed E-state index contributed by atoms with van der Waals surface area (Å²) < 4.78 is 63.9. The van der Waals surface area contributed by atoms with Crippen LogP contribution in [0.3, 0.4) is 0 Å². The Kier molecular flexibility index (Phi) is 7.06. The molecule has 0 spiro atoms. The van der Waals surface area contributed by atoms with Crippen molar-refractivity contribution in [3.8, 4) is 0 Å². The first-order chi connectivity index (χ1) is 14.5. The number of hydrogen-bond donors (Lipinski definition) is 1. The van der Waals surface area contributed by atoms with Crippen molar-refractivity contribution < 1.29 is 26.4 Å². The van der Waals surface area contributed by atoms with Crippen LogP contribution in [0.15, 0.2) is 48.5 Å². The molecule has 31 heavy (non-hydrogen) atoms. The number of nitrogens with one attached hydrogen (secondary N) is 1. The summed E-state index contributed by atoms with van der Waals surface area (Å²) in [5, 5.41) is 0. The Labute approximate surface area is 180 Å². The second-order valence-corrected chi connectivity index (χ2v) is 9.54. The molecule has 168 valence electrons. The summed E-state index contributed by atoms with van der Waals surface area (Å²) >= 11 is 0. The largest absolute Gasteiger partial charge is 0.408 e. The molecule has 1 aliphatic rings. The van der Waals surface area contributed by atoms with E-state index >= 15 is 0 Å². The van der Waals surface area contributed by atoms with E-state index in [1.807, 2.05) is 29.2 Å². The maximum Gasteiger partial charge on any atom is 0.408 e. The number of carbonyl (C=O) groups excluding carboxylic acids is 1. The van der Waals surface area contributed by atoms with Crippen LogP contribution in [-0.4, -0.2) is 44.7 Å². The molecular weight excluding hydrogens is 429 g/mol. The van der Waals surface area contributed by atoms with E-state index in [9.17, 15) is 26.4 Å². The quantitative estimate of drug-likeness (QED) is 0.616. The molecular formula is C22H25F3N2O3S. The van der Waals surface area contributed by atoms with Gasteiger partial charge in [0.1, 0.15) is 6.04 Å². The number of amides is 1. The number of carbonyl (C=O) groups is 1. The number of rotatable bonds is 8. The lowest BCUT2D eigenvalue weighted by molar-refractivity contribution is -0.153. The number of unbranched alkanes of at least 4 members (excludes halogenated alkanes) is 1. The predicted octanol–water partition coefficient (Wildman–Crippen LogP) is 3.86. The van der Waals surface area contributed by atoms with Gasteiger partial charge in [-0.2, -0.15) is 17.9 Å². The molecule has 2 aromatic carbocycles. The smallest absolute Gasteiger partial charge is 0.338 e. The van der Waals surface area contributed by atoms with E-state index in [1.54, 1.807) is 16.9 Å². The first kappa shape index (κ1) is 23.3. The maximum absolute atomic E-state index is 13.2. The minimum absolute atomic E-state index is 0.0442. The molecule has 0 unspecified atom stereocenters. The van der Waals surface area contributed by atoms with Gasteiger partial charge >= 0.3 is 6.18 Å². The van der Waals surface area contributed by atoms with E-state index < -0.39 is 22.2 Å². The van der Waals surface area contributed by atoms with Crippen molar-refractivity contribution in [3.05, 3.63) is 70.8 Å². The Morgan fingerprint density at radius 3 is 2.39 bits per heavy atom. The molecule has 0 radical (unpaired) electrons. The average molecular weight is 455 g/mol. The maximum atomic E-state index is 13.2. The molecule has 0 saturated heterocycles. The lowest BCUT2D eigenvalue weighted by Crippen LogP contribution is -2.38. The zero-order valence-corrected chi connectivity index (χ0v) is 18.0. The third-order valence-electron chi connectivity index (χ3n) is 5.30. The topological polar surface area (TPSA) is 66.5 Å². The Morgan fingerprint density at radius 1 is 1.06 bits per heavy atom. The Morgan fingerprint density at radius 2 is 1.74 bits per heavy atom. The Bertz CT molecular complexity index is 1020. The van der Waals surface area contributed by atoms with Crippen LogP contribution in [0.2, 0.25) is 0 Å². The van der Waals surface area contributed by atoms with Gasteiger partial charge in [-0.1, -0.05) is 42.5 Å². The normalized spacial score (nSPS) is 15.6. The lowest BCUT2D eigenvalue weighted by Gasteiger charge is -2.28. The molecule has 0 fully saturated rings. The summed E-state index contributed by atoms with van der Waals surface area (Å²) in [5.41, 5.74) is 2.54. The second kappa shape index (κ2) is 9.40. The van der Waals surface area contributed by atoms with Crippen molar-refractivity contribution in [3.63, 3.8) is 0 Å². The molecule has 0 bridgehead atoms. The van der Waals surface area contributed by atoms with Crippen LogP contribution in [0.1, 0.15) is 45.9 Å². The van der Waals surface area contributed by atoms with Crippen molar-refractivity contribution in [2.45, 2.75) is 37.9 Å². The van der Waals surface area contributed by atoms with Crippen LogP contribution in [0.5, 0.6) is 0 Å². The van der Waals surface area contributed by atoms with Crippen molar-refractivity contribution in [2.75, 3.05) is 19.3 Å². The molecule has 1 atom stereocenters. The van der Waals surface area contributed by atoms with Gasteiger partial charge in [-0.05, 0) is 48.4 Å². The van der Waals surface area contributed by atoms with E-state index in [-0.39, 0.29) is 11.5 Å². The van der Waals surface area contributed by atoms with E-state index in [1.165, 1.54) is 12.1 Å². The second-order valence-electron chi connectivity index (χ2n) is 7.76. The predicted molar refractivity (Wildman–Crippen MR) is 112 cm³/mol. The van der Waals surface area contributed by atoms with Crippen molar-refractivity contribution >= 4 is 15.9 Å². The van der Waals surface area contributed by atoms with Gasteiger partial charge in [-0.15, -0.1) is 0 Å². The molecule has 2 aromatic rings. The van der Waals surface area contributed by atoms with Gasteiger partial charge < -0.3 is 4.90 Å². The number of alkyl halides is 3. The van der Waals surface area contributed by atoms with Crippen molar-refractivity contribution in [1.29, 1.82) is 0 Å². The Balaban J connectivity index is 1.52.